The van der Waals surface area contributed by atoms with Crippen LogP contribution in [0.3, 0.4) is 0 Å². The molecule has 2 aliphatic rings. The SMILES string of the molecule is CC1=CC[C@@H]2C(C)(C)[C@H](O)[C@H](O)C[C@]2(C)[C@H]1CC[C@@H](C)CC(=O)O. The van der Waals surface area contributed by atoms with Crippen LogP contribution < -0.4 is 0 Å². The summed E-state index contributed by atoms with van der Waals surface area (Å²) in [4.78, 5) is 10.9. The lowest BCUT2D eigenvalue weighted by Gasteiger charge is -2.59. The lowest BCUT2D eigenvalue weighted by molar-refractivity contribution is -0.174. The Balaban J connectivity index is 2.22. The number of carboxylic acids is 1. The highest BCUT2D eigenvalue weighted by atomic mass is 16.4. The summed E-state index contributed by atoms with van der Waals surface area (Å²) in [6.45, 7) is 10.6. The highest BCUT2D eigenvalue weighted by molar-refractivity contribution is 5.66. The van der Waals surface area contributed by atoms with Crippen molar-refractivity contribution in [1.82, 2.24) is 0 Å². The van der Waals surface area contributed by atoms with Crippen molar-refractivity contribution in [2.24, 2.45) is 28.6 Å². The number of aliphatic carboxylic acids is 1. The summed E-state index contributed by atoms with van der Waals surface area (Å²) in [6.07, 6.45) is 4.52. The number of hydrogen-bond donors (Lipinski definition) is 3. The van der Waals surface area contributed by atoms with Crippen LogP contribution in [0.15, 0.2) is 11.6 Å². The van der Waals surface area contributed by atoms with E-state index in [-0.39, 0.29) is 23.2 Å². The van der Waals surface area contributed by atoms with Gasteiger partial charge in [-0.15, -0.1) is 0 Å². The highest BCUT2D eigenvalue weighted by Gasteiger charge is 2.57. The first-order valence-corrected chi connectivity index (χ1v) is 9.24. The summed E-state index contributed by atoms with van der Waals surface area (Å²) in [5.74, 6) is 0.0898. The topological polar surface area (TPSA) is 77.8 Å². The number of rotatable bonds is 5. The zero-order valence-corrected chi connectivity index (χ0v) is 15.7. The van der Waals surface area contributed by atoms with Gasteiger partial charge in [0.2, 0.25) is 0 Å². The van der Waals surface area contributed by atoms with Crippen molar-refractivity contribution in [3.63, 3.8) is 0 Å². The van der Waals surface area contributed by atoms with Gasteiger partial charge in [0.25, 0.3) is 0 Å². The average Bonchev–Trinajstić information content (AvgIpc) is 2.43. The zero-order valence-electron chi connectivity index (χ0n) is 15.7. The second-order valence-electron chi connectivity index (χ2n) is 9.11. The molecule has 0 amide bonds. The van der Waals surface area contributed by atoms with Crippen LogP contribution >= 0.6 is 0 Å². The fourth-order valence-corrected chi connectivity index (χ4v) is 5.59. The molecule has 138 valence electrons. The van der Waals surface area contributed by atoms with Crippen molar-refractivity contribution in [2.75, 3.05) is 0 Å². The van der Waals surface area contributed by atoms with Gasteiger partial charge in [0, 0.05) is 6.42 Å². The molecule has 0 unspecified atom stereocenters. The van der Waals surface area contributed by atoms with E-state index in [0.717, 1.165) is 19.3 Å². The first-order valence-electron chi connectivity index (χ1n) is 9.24. The molecule has 6 atom stereocenters. The van der Waals surface area contributed by atoms with E-state index in [1.54, 1.807) is 0 Å². The van der Waals surface area contributed by atoms with Crippen LogP contribution in [0.4, 0.5) is 0 Å². The van der Waals surface area contributed by atoms with E-state index >= 15 is 0 Å². The number of carboxylic acid groups (broad SMARTS) is 1. The van der Waals surface area contributed by atoms with Gasteiger partial charge >= 0.3 is 5.97 Å². The molecule has 0 aromatic heterocycles. The second-order valence-corrected chi connectivity index (χ2v) is 9.11. The Hall–Kier alpha value is -0.870. The molecule has 1 saturated carbocycles. The molecule has 0 saturated heterocycles. The van der Waals surface area contributed by atoms with Gasteiger partial charge in [-0.3, -0.25) is 4.79 Å². The molecule has 0 heterocycles. The maximum absolute atomic E-state index is 10.9. The molecule has 1 fully saturated rings. The molecule has 2 aliphatic carbocycles. The van der Waals surface area contributed by atoms with Crippen LogP contribution in [-0.2, 0) is 4.79 Å². The number of fused-ring (bicyclic) bond motifs is 1. The molecule has 0 spiro atoms. The third-order valence-corrected chi connectivity index (χ3v) is 6.96. The fraction of sp³-hybridized carbons (Fsp3) is 0.850. The van der Waals surface area contributed by atoms with Crippen LogP contribution in [0.2, 0.25) is 0 Å². The highest BCUT2D eigenvalue weighted by Crippen LogP contribution is 2.60. The normalized spacial score (nSPS) is 39.7. The molecule has 0 aliphatic heterocycles. The minimum absolute atomic E-state index is 0.0517. The molecule has 0 radical (unpaired) electrons. The van der Waals surface area contributed by atoms with Crippen molar-refractivity contribution < 1.29 is 20.1 Å². The van der Waals surface area contributed by atoms with Crippen molar-refractivity contribution in [1.29, 1.82) is 0 Å². The second kappa shape index (κ2) is 6.80. The first kappa shape index (κ1) is 19.5. The summed E-state index contributed by atoms with van der Waals surface area (Å²) < 4.78 is 0. The number of hydrogen-bond acceptors (Lipinski definition) is 3. The maximum atomic E-state index is 10.9. The van der Waals surface area contributed by atoms with E-state index in [1.165, 1.54) is 5.57 Å². The Labute approximate surface area is 146 Å². The minimum Gasteiger partial charge on any atom is -0.481 e. The van der Waals surface area contributed by atoms with E-state index in [0.29, 0.717) is 18.3 Å². The predicted molar refractivity (Wildman–Crippen MR) is 94.5 cm³/mol. The van der Waals surface area contributed by atoms with Crippen LogP contribution in [0, 0.1) is 28.6 Å². The molecule has 0 aromatic rings. The van der Waals surface area contributed by atoms with Gasteiger partial charge < -0.3 is 15.3 Å². The molecule has 2 rings (SSSR count). The Bertz CT molecular complexity index is 510. The van der Waals surface area contributed by atoms with E-state index in [2.05, 4.69) is 33.8 Å². The summed E-state index contributed by atoms with van der Waals surface area (Å²) in [5.41, 5.74) is 0.981. The van der Waals surface area contributed by atoms with Gasteiger partial charge in [-0.1, -0.05) is 39.3 Å². The van der Waals surface area contributed by atoms with Crippen molar-refractivity contribution in [2.45, 2.75) is 78.9 Å². The first-order chi connectivity index (χ1) is 11.0. The minimum atomic E-state index is -0.736. The molecule has 3 N–H and O–H groups in total. The Morgan fingerprint density at radius 3 is 2.54 bits per heavy atom. The Kier molecular flexibility index (Phi) is 5.51. The van der Waals surface area contributed by atoms with Gasteiger partial charge in [0.15, 0.2) is 0 Å². The van der Waals surface area contributed by atoms with Crippen LogP contribution in [0.25, 0.3) is 0 Å². The van der Waals surface area contributed by atoms with E-state index in [9.17, 15) is 15.0 Å². The van der Waals surface area contributed by atoms with Gasteiger partial charge in [-0.25, -0.2) is 0 Å². The van der Waals surface area contributed by atoms with Crippen molar-refractivity contribution in [3.8, 4) is 0 Å². The molecule has 0 bridgehead atoms. The Morgan fingerprint density at radius 2 is 1.96 bits per heavy atom. The maximum Gasteiger partial charge on any atom is 0.303 e. The third-order valence-electron chi connectivity index (χ3n) is 6.96. The van der Waals surface area contributed by atoms with Gasteiger partial charge in [-0.2, -0.15) is 0 Å². The van der Waals surface area contributed by atoms with Crippen molar-refractivity contribution in [3.05, 3.63) is 11.6 Å². The van der Waals surface area contributed by atoms with Gasteiger partial charge in [0.05, 0.1) is 12.2 Å². The quantitative estimate of drug-likeness (QED) is 0.669. The van der Waals surface area contributed by atoms with E-state index in [4.69, 9.17) is 5.11 Å². The summed E-state index contributed by atoms with van der Waals surface area (Å²) in [5, 5.41) is 29.9. The smallest absolute Gasteiger partial charge is 0.303 e. The summed E-state index contributed by atoms with van der Waals surface area (Å²) in [6, 6.07) is 0. The fourth-order valence-electron chi connectivity index (χ4n) is 5.59. The van der Waals surface area contributed by atoms with E-state index in [1.807, 2.05) is 6.92 Å². The predicted octanol–water partition coefficient (Wildman–Crippen LogP) is 3.62. The number of aliphatic hydroxyl groups excluding tert-OH is 2. The average molecular weight is 338 g/mol. The Morgan fingerprint density at radius 1 is 1.33 bits per heavy atom. The molecule has 4 heteroatoms. The lowest BCUT2D eigenvalue weighted by Crippen LogP contribution is -2.59. The molecular weight excluding hydrogens is 304 g/mol. The standard InChI is InChI=1S/C20H34O4/c1-12(10-17(22)23)6-8-14-13(2)7-9-16-19(3,4)18(24)15(21)11-20(14,16)5/h7,12,14-16,18,21,24H,6,8-11H2,1-5H3,(H,22,23)/t12-,14+,15-,16-,18-,20-/m1/s1. The summed E-state index contributed by atoms with van der Waals surface area (Å²) >= 11 is 0. The van der Waals surface area contributed by atoms with Crippen LogP contribution in [0.1, 0.15) is 66.7 Å². The van der Waals surface area contributed by atoms with Crippen LogP contribution in [-0.4, -0.2) is 33.5 Å². The number of carbonyl (C=O) groups is 1. The molecule has 4 nitrogen and oxygen atoms in total. The van der Waals surface area contributed by atoms with Crippen LogP contribution in [0.5, 0.6) is 0 Å². The van der Waals surface area contributed by atoms with Gasteiger partial charge in [-0.05, 0) is 61.2 Å². The number of allylic oxidation sites excluding steroid dienone is 2. The van der Waals surface area contributed by atoms with Gasteiger partial charge in [0.1, 0.15) is 0 Å². The third kappa shape index (κ3) is 3.41. The van der Waals surface area contributed by atoms with E-state index < -0.39 is 18.2 Å². The monoisotopic (exact) mass is 338 g/mol. The largest absolute Gasteiger partial charge is 0.481 e. The lowest BCUT2D eigenvalue weighted by atomic mass is 9.46. The molecule has 0 aromatic carbocycles. The van der Waals surface area contributed by atoms with Crippen molar-refractivity contribution >= 4 is 5.97 Å². The molecule has 24 heavy (non-hydrogen) atoms. The molecular formula is C20H34O4. The summed E-state index contributed by atoms with van der Waals surface area (Å²) in [7, 11) is 0. The zero-order chi connectivity index (χ0) is 18.3. The number of aliphatic hydroxyl groups is 2.